The van der Waals surface area contributed by atoms with Crippen LogP contribution in [0.5, 0.6) is 0 Å². The Kier molecular flexibility index (Phi) is 3.87. The van der Waals surface area contributed by atoms with E-state index in [9.17, 15) is 0 Å². The maximum absolute atomic E-state index is 3.74. The van der Waals surface area contributed by atoms with E-state index in [0.29, 0.717) is 6.04 Å². The van der Waals surface area contributed by atoms with E-state index in [1.165, 1.54) is 40.9 Å². The van der Waals surface area contributed by atoms with Crippen LogP contribution in [-0.2, 0) is 12.8 Å². The molecular formula is C19H24N2. The van der Waals surface area contributed by atoms with E-state index in [4.69, 9.17) is 0 Å². The number of nitrogens with one attached hydrogen (secondary N) is 1. The van der Waals surface area contributed by atoms with Crippen LogP contribution in [-0.4, -0.2) is 20.1 Å². The summed E-state index contributed by atoms with van der Waals surface area (Å²) in [6, 6.07) is 16.0. The van der Waals surface area contributed by atoms with Crippen LogP contribution in [0.4, 0.5) is 11.4 Å². The number of hydrogen-bond donors (Lipinski definition) is 1. The van der Waals surface area contributed by atoms with Crippen molar-refractivity contribution in [1.82, 2.24) is 0 Å². The van der Waals surface area contributed by atoms with Gasteiger partial charge < -0.3 is 10.2 Å². The Bertz CT molecular complexity index is 631. The Hall–Kier alpha value is -1.96. The van der Waals surface area contributed by atoms with Crippen LogP contribution >= 0.6 is 0 Å². The third-order valence-corrected chi connectivity index (χ3v) is 4.43. The van der Waals surface area contributed by atoms with Gasteiger partial charge >= 0.3 is 0 Å². The predicted molar refractivity (Wildman–Crippen MR) is 91.4 cm³/mol. The normalized spacial score (nSPS) is 17.2. The summed E-state index contributed by atoms with van der Waals surface area (Å²) >= 11 is 0. The molecule has 110 valence electrons. The van der Waals surface area contributed by atoms with Crippen LogP contribution in [0, 0.1) is 6.92 Å². The summed E-state index contributed by atoms with van der Waals surface area (Å²) in [6.07, 6.45) is 3.53. The first kappa shape index (κ1) is 14.0. The lowest BCUT2D eigenvalue weighted by atomic mass is 9.88. The summed E-state index contributed by atoms with van der Waals surface area (Å²) < 4.78 is 0. The van der Waals surface area contributed by atoms with Gasteiger partial charge in [0.25, 0.3) is 0 Å². The average Bonchev–Trinajstić information content (AvgIpc) is 2.49. The monoisotopic (exact) mass is 280 g/mol. The fourth-order valence-electron chi connectivity index (χ4n) is 3.13. The van der Waals surface area contributed by atoms with Crippen molar-refractivity contribution in [3.63, 3.8) is 0 Å². The minimum atomic E-state index is 0.545. The van der Waals surface area contributed by atoms with Gasteiger partial charge in [0, 0.05) is 31.5 Å². The number of rotatable bonds is 3. The maximum atomic E-state index is 3.74. The van der Waals surface area contributed by atoms with Gasteiger partial charge in [0.05, 0.1) is 0 Å². The van der Waals surface area contributed by atoms with Gasteiger partial charge in [0.2, 0.25) is 0 Å². The fourth-order valence-corrected chi connectivity index (χ4v) is 3.13. The molecule has 2 heteroatoms. The summed E-state index contributed by atoms with van der Waals surface area (Å²) in [4.78, 5) is 2.15. The molecule has 0 radical (unpaired) electrons. The van der Waals surface area contributed by atoms with E-state index in [1.54, 1.807) is 0 Å². The zero-order valence-corrected chi connectivity index (χ0v) is 13.2. The summed E-state index contributed by atoms with van der Waals surface area (Å²) in [5, 5.41) is 3.74. The van der Waals surface area contributed by atoms with E-state index >= 15 is 0 Å². The van der Waals surface area contributed by atoms with Gasteiger partial charge in [0.15, 0.2) is 0 Å². The second-order valence-electron chi connectivity index (χ2n) is 6.25. The van der Waals surface area contributed by atoms with Crippen molar-refractivity contribution in [3.05, 3.63) is 59.2 Å². The fraction of sp³-hybridized carbons (Fsp3) is 0.368. The lowest BCUT2D eigenvalue weighted by Gasteiger charge is -2.27. The topological polar surface area (TPSA) is 15.3 Å². The molecule has 0 aromatic heterocycles. The molecule has 0 amide bonds. The van der Waals surface area contributed by atoms with E-state index in [0.717, 1.165) is 6.42 Å². The van der Waals surface area contributed by atoms with E-state index in [2.05, 4.69) is 73.7 Å². The van der Waals surface area contributed by atoms with Crippen LogP contribution in [0.3, 0.4) is 0 Å². The van der Waals surface area contributed by atoms with Gasteiger partial charge in [-0.3, -0.25) is 0 Å². The third-order valence-electron chi connectivity index (χ3n) is 4.43. The highest BCUT2D eigenvalue weighted by Gasteiger charge is 2.18. The number of anilines is 2. The van der Waals surface area contributed by atoms with Gasteiger partial charge in [-0.15, -0.1) is 0 Å². The number of benzene rings is 2. The highest BCUT2D eigenvalue weighted by Crippen LogP contribution is 2.26. The Labute approximate surface area is 127 Å². The number of fused-ring (bicyclic) bond motifs is 1. The van der Waals surface area contributed by atoms with Gasteiger partial charge in [-0.1, -0.05) is 24.3 Å². The van der Waals surface area contributed by atoms with Gasteiger partial charge in [-0.05, 0) is 61.1 Å². The number of hydrogen-bond acceptors (Lipinski definition) is 2. The molecule has 2 aromatic carbocycles. The number of aryl methyl sites for hydroxylation is 2. The molecule has 0 saturated heterocycles. The summed E-state index contributed by atoms with van der Waals surface area (Å²) in [5.41, 5.74) is 6.87. The zero-order valence-electron chi connectivity index (χ0n) is 13.2. The first-order chi connectivity index (χ1) is 10.1. The molecule has 0 fully saturated rings. The Balaban J connectivity index is 1.73. The first-order valence-corrected chi connectivity index (χ1v) is 7.75. The quantitative estimate of drug-likeness (QED) is 0.913. The van der Waals surface area contributed by atoms with Gasteiger partial charge in [-0.25, -0.2) is 0 Å². The van der Waals surface area contributed by atoms with Crippen molar-refractivity contribution in [2.45, 2.75) is 32.2 Å². The second kappa shape index (κ2) is 5.80. The van der Waals surface area contributed by atoms with Crippen molar-refractivity contribution in [2.24, 2.45) is 0 Å². The van der Waals surface area contributed by atoms with Crippen molar-refractivity contribution < 1.29 is 0 Å². The number of nitrogens with zero attached hydrogens (tertiary/aromatic N) is 1. The lowest BCUT2D eigenvalue weighted by molar-refractivity contribution is 0.610. The average molecular weight is 280 g/mol. The zero-order chi connectivity index (χ0) is 14.8. The molecule has 0 spiro atoms. The molecule has 3 rings (SSSR count). The molecule has 1 aliphatic rings. The standard InChI is InChI=1S/C19H24N2/c1-14-12-18(21(2)3)10-11-19(14)20-17-9-8-15-6-4-5-7-16(15)13-17/h4-7,10-12,17,20H,8-9,13H2,1-3H3. The van der Waals surface area contributed by atoms with Crippen LogP contribution in [0.25, 0.3) is 0 Å². The highest BCUT2D eigenvalue weighted by atomic mass is 15.1. The molecule has 1 aliphatic carbocycles. The smallest absolute Gasteiger partial charge is 0.0373 e. The van der Waals surface area contributed by atoms with Crippen LogP contribution < -0.4 is 10.2 Å². The van der Waals surface area contributed by atoms with Crippen LogP contribution in [0.2, 0.25) is 0 Å². The summed E-state index contributed by atoms with van der Waals surface area (Å²) in [6.45, 7) is 2.19. The molecule has 1 N–H and O–H groups in total. The molecular weight excluding hydrogens is 256 g/mol. The minimum absolute atomic E-state index is 0.545. The molecule has 1 atom stereocenters. The van der Waals surface area contributed by atoms with Gasteiger partial charge in [-0.2, -0.15) is 0 Å². The van der Waals surface area contributed by atoms with Crippen molar-refractivity contribution in [1.29, 1.82) is 0 Å². The molecule has 0 bridgehead atoms. The molecule has 1 unspecified atom stereocenters. The van der Waals surface area contributed by atoms with Gasteiger partial charge in [0.1, 0.15) is 0 Å². The van der Waals surface area contributed by atoms with E-state index in [-0.39, 0.29) is 0 Å². The molecule has 2 aromatic rings. The summed E-state index contributed by atoms with van der Waals surface area (Å²) in [7, 11) is 4.17. The predicted octanol–water partition coefficient (Wildman–Crippen LogP) is 4.03. The molecule has 2 nitrogen and oxygen atoms in total. The minimum Gasteiger partial charge on any atom is -0.382 e. The van der Waals surface area contributed by atoms with Crippen LogP contribution in [0.1, 0.15) is 23.1 Å². The Morgan fingerprint density at radius 3 is 2.52 bits per heavy atom. The molecule has 0 aliphatic heterocycles. The molecule has 21 heavy (non-hydrogen) atoms. The summed E-state index contributed by atoms with van der Waals surface area (Å²) in [5.74, 6) is 0. The Morgan fingerprint density at radius 1 is 1.05 bits per heavy atom. The van der Waals surface area contributed by atoms with E-state index in [1.807, 2.05) is 0 Å². The lowest BCUT2D eigenvalue weighted by Crippen LogP contribution is -2.27. The second-order valence-corrected chi connectivity index (χ2v) is 6.25. The van der Waals surface area contributed by atoms with E-state index < -0.39 is 0 Å². The van der Waals surface area contributed by atoms with Crippen molar-refractivity contribution >= 4 is 11.4 Å². The molecule has 0 saturated carbocycles. The first-order valence-electron chi connectivity index (χ1n) is 7.75. The third kappa shape index (κ3) is 3.05. The highest BCUT2D eigenvalue weighted by molar-refractivity contribution is 5.60. The molecule has 0 heterocycles. The SMILES string of the molecule is Cc1cc(N(C)C)ccc1NC1CCc2ccccc2C1. The van der Waals surface area contributed by atoms with Crippen LogP contribution in [0.15, 0.2) is 42.5 Å². The van der Waals surface area contributed by atoms with Crippen molar-refractivity contribution in [2.75, 3.05) is 24.3 Å². The maximum Gasteiger partial charge on any atom is 0.0373 e. The van der Waals surface area contributed by atoms with Crippen molar-refractivity contribution in [3.8, 4) is 0 Å². The largest absolute Gasteiger partial charge is 0.382 e. The Morgan fingerprint density at radius 2 is 1.81 bits per heavy atom.